The normalized spacial score (nSPS) is 12.7. The monoisotopic (exact) mass is 389 g/mol. The molecular formula is C17H19ClF3N3O2. The molecule has 0 spiro atoms. The summed E-state index contributed by atoms with van der Waals surface area (Å²) in [5.74, 6) is -0.612. The summed E-state index contributed by atoms with van der Waals surface area (Å²) >= 11 is 6.03. The third-order valence-electron chi connectivity index (χ3n) is 3.68. The smallest absolute Gasteiger partial charge is 0.419 e. The molecule has 0 aliphatic carbocycles. The SMILES string of the molecule is Cc1nn(CC(=O)NC(C)COc2ccccc2C(F)(F)F)c(C)c1Cl. The number of aromatic nitrogens is 2. The number of benzene rings is 1. The van der Waals surface area contributed by atoms with Crippen molar-refractivity contribution in [3.05, 3.63) is 46.2 Å². The minimum absolute atomic E-state index is 0.0388. The standard InChI is InChI=1S/C17H19ClF3N3O2/c1-10(9-26-14-7-5-4-6-13(14)17(19,20)21)22-15(25)8-24-12(3)16(18)11(2)23-24/h4-7,10H,8-9H2,1-3H3,(H,22,25). The van der Waals surface area contributed by atoms with E-state index in [4.69, 9.17) is 16.3 Å². The zero-order valence-corrected chi connectivity index (χ0v) is 15.3. The largest absolute Gasteiger partial charge is 0.491 e. The van der Waals surface area contributed by atoms with Crippen LogP contribution in [0.25, 0.3) is 0 Å². The van der Waals surface area contributed by atoms with Crippen LogP contribution in [0.15, 0.2) is 24.3 Å². The molecule has 1 unspecified atom stereocenters. The van der Waals surface area contributed by atoms with Gasteiger partial charge < -0.3 is 10.1 Å². The Bertz CT molecular complexity index is 790. The first-order chi connectivity index (χ1) is 12.1. The second-order valence-corrected chi connectivity index (χ2v) is 6.29. The van der Waals surface area contributed by atoms with Gasteiger partial charge in [0.1, 0.15) is 18.9 Å². The third kappa shape index (κ3) is 4.91. The van der Waals surface area contributed by atoms with E-state index in [-0.39, 0.29) is 24.8 Å². The van der Waals surface area contributed by atoms with Crippen molar-refractivity contribution in [2.45, 2.75) is 39.5 Å². The number of halogens is 4. The molecule has 0 bridgehead atoms. The Hall–Kier alpha value is -2.22. The summed E-state index contributed by atoms with van der Waals surface area (Å²) in [6, 6.07) is 4.46. The van der Waals surface area contributed by atoms with Crippen LogP contribution in [0.5, 0.6) is 5.75 Å². The minimum atomic E-state index is -4.50. The van der Waals surface area contributed by atoms with Gasteiger partial charge in [0.25, 0.3) is 0 Å². The van der Waals surface area contributed by atoms with Gasteiger partial charge in [-0.25, -0.2) is 0 Å². The van der Waals surface area contributed by atoms with Gasteiger partial charge in [-0.05, 0) is 32.9 Å². The van der Waals surface area contributed by atoms with Gasteiger partial charge in [0.2, 0.25) is 5.91 Å². The van der Waals surface area contributed by atoms with Crippen LogP contribution in [0, 0.1) is 13.8 Å². The predicted molar refractivity (Wildman–Crippen MR) is 91.3 cm³/mol. The van der Waals surface area contributed by atoms with E-state index in [1.54, 1.807) is 20.8 Å². The summed E-state index contributed by atoms with van der Waals surface area (Å²) in [6.07, 6.45) is -4.50. The van der Waals surface area contributed by atoms with Gasteiger partial charge >= 0.3 is 6.18 Å². The Morgan fingerprint density at radius 1 is 1.35 bits per heavy atom. The lowest BCUT2D eigenvalue weighted by Gasteiger charge is -2.18. The highest BCUT2D eigenvalue weighted by molar-refractivity contribution is 6.31. The van der Waals surface area contributed by atoms with Gasteiger partial charge in [0, 0.05) is 0 Å². The number of hydrogen-bond donors (Lipinski definition) is 1. The summed E-state index contributed by atoms with van der Waals surface area (Å²) in [6.45, 7) is 4.98. The summed E-state index contributed by atoms with van der Waals surface area (Å²) < 4.78 is 45.5. The highest BCUT2D eigenvalue weighted by Crippen LogP contribution is 2.35. The molecule has 2 rings (SSSR count). The van der Waals surface area contributed by atoms with Gasteiger partial charge in [-0.15, -0.1) is 0 Å². The lowest BCUT2D eigenvalue weighted by molar-refractivity contribution is -0.139. The molecule has 1 amide bonds. The van der Waals surface area contributed by atoms with Gasteiger partial charge in [-0.3, -0.25) is 9.48 Å². The average Bonchev–Trinajstić information content (AvgIpc) is 2.79. The average molecular weight is 390 g/mol. The van der Waals surface area contributed by atoms with Crippen LogP contribution in [-0.4, -0.2) is 28.3 Å². The summed E-state index contributed by atoms with van der Waals surface area (Å²) in [5.41, 5.74) is 0.440. The molecule has 2 aromatic rings. The second-order valence-electron chi connectivity index (χ2n) is 5.92. The Labute approximate surface area is 154 Å². The van der Waals surface area contributed by atoms with Crippen LogP contribution >= 0.6 is 11.6 Å². The van der Waals surface area contributed by atoms with Crippen molar-refractivity contribution in [1.29, 1.82) is 0 Å². The molecule has 0 aliphatic heterocycles. The fraction of sp³-hybridized carbons (Fsp3) is 0.412. The number of ether oxygens (including phenoxy) is 1. The fourth-order valence-electron chi connectivity index (χ4n) is 2.37. The van der Waals surface area contributed by atoms with Gasteiger partial charge in [-0.1, -0.05) is 23.7 Å². The zero-order valence-electron chi connectivity index (χ0n) is 14.5. The predicted octanol–water partition coefficient (Wildman–Crippen LogP) is 3.76. The molecule has 5 nitrogen and oxygen atoms in total. The first kappa shape index (κ1) is 20.1. The van der Waals surface area contributed by atoms with E-state index < -0.39 is 17.8 Å². The molecule has 0 saturated carbocycles. The molecule has 0 aliphatic rings. The molecule has 26 heavy (non-hydrogen) atoms. The molecule has 1 N–H and O–H groups in total. The van der Waals surface area contributed by atoms with E-state index in [9.17, 15) is 18.0 Å². The highest BCUT2D eigenvalue weighted by atomic mass is 35.5. The molecule has 1 aromatic carbocycles. The maximum Gasteiger partial charge on any atom is 0.419 e. The number of nitrogens with one attached hydrogen (secondary N) is 1. The van der Waals surface area contributed by atoms with E-state index in [2.05, 4.69) is 10.4 Å². The Morgan fingerprint density at radius 2 is 2.00 bits per heavy atom. The molecule has 9 heteroatoms. The van der Waals surface area contributed by atoms with Crippen molar-refractivity contribution in [2.24, 2.45) is 0 Å². The minimum Gasteiger partial charge on any atom is -0.491 e. The van der Waals surface area contributed by atoms with Crippen LogP contribution in [0.1, 0.15) is 23.9 Å². The van der Waals surface area contributed by atoms with Crippen molar-refractivity contribution in [3.63, 3.8) is 0 Å². The van der Waals surface area contributed by atoms with E-state index in [0.717, 1.165) is 6.07 Å². The molecule has 0 fully saturated rings. The quantitative estimate of drug-likeness (QED) is 0.818. The Morgan fingerprint density at radius 3 is 2.58 bits per heavy atom. The van der Waals surface area contributed by atoms with E-state index in [0.29, 0.717) is 16.4 Å². The van der Waals surface area contributed by atoms with Crippen molar-refractivity contribution < 1.29 is 22.7 Å². The molecule has 1 heterocycles. The van der Waals surface area contributed by atoms with E-state index >= 15 is 0 Å². The molecule has 0 radical (unpaired) electrons. The zero-order chi connectivity index (χ0) is 19.5. The first-order valence-electron chi connectivity index (χ1n) is 7.87. The Kier molecular flexibility index (Phi) is 6.17. The van der Waals surface area contributed by atoms with Gasteiger partial charge in [0.05, 0.1) is 28.0 Å². The number of carbonyl (C=O) groups is 1. The number of rotatable bonds is 6. The highest BCUT2D eigenvalue weighted by Gasteiger charge is 2.34. The molecule has 0 saturated heterocycles. The third-order valence-corrected chi connectivity index (χ3v) is 4.22. The van der Waals surface area contributed by atoms with Crippen LogP contribution in [0.2, 0.25) is 5.02 Å². The van der Waals surface area contributed by atoms with Crippen LogP contribution < -0.4 is 10.1 Å². The maximum atomic E-state index is 12.9. The van der Waals surface area contributed by atoms with Crippen LogP contribution in [-0.2, 0) is 17.5 Å². The van der Waals surface area contributed by atoms with E-state index in [1.807, 2.05) is 0 Å². The Balaban J connectivity index is 1.92. The fourth-order valence-corrected chi connectivity index (χ4v) is 2.50. The summed E-state index contributed by atoms with van der Waals surface area (Å²) in [5, 5.41) is 7.32. The number of para-hydroxylation sites is 1. The number of aryl methyl sites for hydroxylation is 1. The number of nitrogens with zero attached hydrogens (tertiary/aromatic N) is 2. The van der Waals surface area contributed by atoms with Gasteiger partial charge in [0.15, 0.2) is 0 Å². The second kappa shape index (κ2) is 7.99. The summed E-state index contributed by atoms with van der Waals surface area (Å²) in [4.78, 5) is 12.1. The van der Waals surface area contributed by atoms with Crippen molar-refractivity contribution >= 4 is 17.5 Å². The first-order valence-corrected chi connectivity index (χ1v) is 8.25. The van der Waals surface area contributed by atoms with E-state index in [1.165, 1.54) is 22.9 Å². The molecule has 1 atom stereocenters. The van der Waals surface area contributed by atoms with Gasteiger partial charge in [-0.2, -0.15) is 18.3 Å². The number of hydrogen-bond acceptors (Lipinski definition) is 3. The molecule has 142 valence electrons. The number of amides is 1. The van der Waals surface area contributed by atoms with Crippen LogP contribution in [0.3, 0.4) is 0 Å². The summed E-state index contributed by atoms with van der Waals surface area (Å²) in [7, 11) is 0. The van der Waals surface area contributed by atoms with Crippen LogP contribution in [0.4, 0.5) is 13.2 Å². The molecule has 1 aromatic heterocycles. The van der Waals surface area contributed by atoms with Crippen molar-refractivity contribution in [2.75, 3.05) is 6.61 Å². The van der Waals surface area contributed by atoms with Crippen molar-refractivity contribution in [3.8, 4) is 5.75 Å². The topological polar surface area (TPSA) is 56.2 Å². The van der Waals surface area contributed by atoms with Crippen molar-refractivity contribution in [1.82, 2.24) is 15.1 Å². The maximum absolute atomic E-state index is 12.9. The lowest BCUT2D eigenvalue weighted by Crippen LogP contribution is -2.39. The number of carbonyl (C=O) groups excluding carboxylic acids is 1. The number of alkyl halides is 3. The lowest BCUT2D eigenvalue weighted by atomic mass is 10.2. The molecular weight excluding hydrogens is 371 g/mol.